The average molecular weight is 132 g/mol. The van der Waals surface area contributed by atoms with E-state index in [1.807, 2.05) is 0 Å². The molecule has 1 radical (unpaired) electrons. The fraction of sp³-hybridized carbons (Fsp3) is 0. The van der Waals surface area contributed by atoms with Crippen molar-refractivity contribution >= 4 is 7.28 Å². The lowest BCUT2D eigenvalue weighted by molar-refractivity contribution is 0.151. The van der Waals surface area contributed by atoms with Crippen LogP contribution in [0.4, 0.5) is 13.3 Å². The molecule has 47 valence electrons. The van der Waals surface area contributed by atoms with Crippen LogP contribution in [0.2, 0.25) is 0 Å². The lowest BCUT2D eigenvalue weighted by Gasteiger charge is -2.07. The molecule has 0 aromatic rings. The zero-order chi connectivity index (χ0) is 6.85. The summed E-state index contributed by atoms with van der Waals surface area (Å²) in [5, 5.41) is -0.176. The molecule has 1 heterocycles. The Hall–Kier alpha value is -0.865. The lowest BCUT2D eigenvalue weighted by atomic mass is 9.75. The third-order valence-electron chi connectivity index (χ3n) is 0.769. The number of hydrogen-bond acceptors (Lipinski definition) is 1. The number of halogens is 3. The molecule has 0 unspecified atom stereocenters. The van der Waals surface area contributed by atoms with E-state index in [1.54, 1.807) is 0 Å². The van der Waals surface area contributed by atoms with Crippen LogP contribution in [0.3, 0.4) is 0 Å². The van der Waals surface area contributed by atoms with Crippen molar-refractivity contribution in [3.63, 3.8) is 0 Å². The summed E-state index contributed by atoms with van der Waals surface area (Å²) < 4.78 is 35.7. The number of hydrogen-bond donors (Lipinski definition) is 0. The molecule has 0 bridgehead atoms. The summed E-state index contributed by atoms with van der Waals surface area (Å²) in [4.78, 5) is 0. The van der Waals surface area contributed by atoms with E-state index in [-0.39, 0.29) is 5.12 Å². The fourth-order valence-corrected chi connectivity index (χ4v) is 0.479. The van der Waals surface area contributed by atoms with E-state index in [4.69, 9.17) is 0 Å². The van der Waals surface area contributed by atoms with Crippen LogP contribution in [0.1, 0.15) is 0 Å². The molecule has 0 saturated carbocycles. The Balaban J connectivity index is 2.69. The summed E-state index contributed by atoms with van der Waals surface area (Å²) >= 11 is 0. The highest BCUT2D eigenvalue weighted by Gasteiger charge is 2.12. The molecule has 0 fully saturated rings. The predicted octanol–water partition coefficient (Wildman–Crippen LogP) is 1.43. The SMILES string of the molecule is FC1=CN(F)C=C(F)[B]1. The molecule has 1 aliphatic rings. The van der Waals surface area contributed by atoms with E-state index in [0.717, 1.165) is 0 Å². The molecule has 5 heteroatoms. The van der Waals surface area contributed by atoms with Gasteiger partial charge in [0.15, 0.2) is 0 Å². The number of nitrogens with zero attached hydrogens (tertiary/aromatic N) is 1. The molecule has 0 amide bonds. The maximum atomic E-state index is 11.9. The summed E-state index contributed by atoms with van der Waals surface area (Å²) in [5.74, 6) is 0. The van der Waals surface area contributed by atoms with Gasteiger partial charge >= 0.3 is 0 Å². The van der Waals surface area contributed by atoms with Crippen molar-refractivity contribution in [2.24, 2.45) is 0 Å². The van der Waals surface area contributed by atoms with Gasteiger partial charge in [-0.25, -0.2) is 8.78 Å². The van der Waals surface area contributed by atoms with Crippen LogP contribution in [0, 0.1) is 0 Å². The highest BCUT2D eigenvalue weighted by molar-refractivity contribution is 6.52. The van der Waals surface area contributed by atoms with Gasteiger partial charge in [0.25, 0.3) is 7.28 Å². The molecule has 0 aromatic heterocycles. The normalized spacial score (nSPS) is 18.3. The van der Waals surface area contributed by atoms with Crippen molar-refractivity contribution in [2.45, 2.75) is 0 Å². The maximum absolute atomic E-state index is 11.9. The third kappa shape index (κ3) is 1.52. The highest BCUT2D eigenvalue weighted by atomic mass is 19.2. The van der Waals surface area contributed by atoms with Crippen LogP contribution in [0.15, 0.2) is 23.9 Å². The first-order valence-electron chi connectivity index (χ1n) is 2.22. The molecule has 1 nitrogen and oxygen atoms in total. The Labute approximate surface area is 50.6 Å². The molecule has 1 aliphatic heterocycles. The molecular weight excluding hydrogens is 130 g/mol. The molecule has 0 aliphatic carbocycles. The van der Waals surface area contributed by atoms with E-state index in [0.29, 0.717) is 19.7 Å². The minimum absolute atomic E-state index is 0.176. The Bertz CT molecular complexity index is 159. The smallest absolute Gasteiger partial charge is 0.222 e. The van der Waals surface area contributed by atoms with E-state index < -0.39 is 11.5 Å². The monoisotopic (exact) mass is 132 g/mol. The zero-order valence-electron chi connectivity index (χ0n) is 4.31. The molecule has 0 spiro atoms. The van der Waals surface area contributed by atoms with E-state index in [9.17, 15) is 13.3 Å². The summed E-state index contributed by atoms with van der Waals surface area (Å²) in [7, 11) is 0.593. The molecule has 0 N–H and O–H groups in total. The average Bonchev–Trinajstić information content (AvgIpc) is 1.59. The first-order valence-corrected chi connectivity index (χ1v) is 2.22. The fourth-order valence-electron chi connectivity index (χ4n) is 0.479. The summed E-state index contributed by atoms with van der Waals surface area (Å²) in [6.07, 6.45) is 1.06. The van der Waals surface area contributed by atoms with Crippen molar-refractivity contribution in [1.29, 1.82) is 0 Å². The molecular formula is C4H2BF3N. The van der Waals surface area contributed by atoms with E-state index >= 15 is 0 Å². The third-order valence-corrected chi connectivity index (χ3v) is 0.769. The second-order valence-corrected chi connectivity index (χ2v) is 1.52. The molecule has 9 heavy (non-hydrogen) atoms. The van der Waals surface area contributed by atoms with Gasteiger partial charge in [-0.15, -0.1) is 0 Å². The van der Waals surface area contributed by atoms with Crippen LogP contribution >= 0.6 is 0 Å². The molecule has 0 atom stereocenters. The van der Waals surface area contributed by atoms with Crippen LogP contribution in [-0.4, -0.2) is 12.4 Å². The van der Waals surface area contributed by atoms with Gasteiger partial charge in [0.1, 0.15) is 0 Å². The van der Waals surface area contributed by atoms with Gasteiger partial charge < -0.3 is 0 Å². The Morgan fingerprint density at radius 2 is 1.67 bits per heavy atom. The van der Waals surface area contributed by atoms with Gasteiger partial charge in [0.2, 0.25) is 0 Å². The molecule has 1 rings (SSSR count). The van der Waals surface area contributed by atoms with Gasteiger partial charge in [-0.3, -0.25) is 0 Å². The maximum Gasteiger partial charge on any atom is 0.274 e. The zero-order valence-corrected chi connectivity index (χ0v) is 4.31. The van der Waals surface area contributed by atoms with Crippen LogP contribution in [0.25, 0.3) is 0 Å². The van der Waals surface area contributed by atoms with Crippen molar-refractivity contribution < 1.29 is 13.3 Å². The highest BCUT2D eigenvalue weighted by Crippen LogP contribution is 2.12. The Morgan fingerprint density at radius 1 is 1.22 bits per heavy atom. The van der Waals surface area contributed by atoms with Crippen molar-refractivity contribution in [1.82, 2.24) is 5.12 Å². The summed E-state index contributed by atoms with van der Waals surface area (Å²) in [6.45, 7) is 0. The topological polar surface area (TPSA) is 3.24 Å². The summed E-state index contributed by atoms with van der Waals surface area (Å²) in [5.41, 5.74) is -1.87. The van der Waals surface area contributed by atoms with Crippen LogP contribution in [-0.2, 0) is 0 Å². The Kier molecular flexibility index (Phi) is 1.51. The van der Waals surface area contributed by atoms with Crippen LogP contribution in [0.5, 0.6) is 0 Å². The van der Waals surface area contributed by atoms with Gasteiger partial charge in [-0.2, -0.15) is 5.12 Å². The van der Waals surface area contributed by atoms with Gasteiger partial charge in [0, 0.05) is 0 Å². The predicted molar refractivity (Wildman–Crippen MR) is 27.1 cm³/mol. The van der Waals surface area contributed by atoms with Crippen LogP contribution < -0.4 is 0 Å². The standard InChI is InChI=1S/C4H2BF3N/c6-3-1-9(8)2-4(7)5-3/h1-2H. The summed E-state index contributed by atoms with van der Waals surface area (Å²) in [6, 6.07) is 0. The quantitative estimate of drug-likeness (QED) is 0.355. The Morgan fingerprint density at radius 3 is 2.00 bits per heavy atom. The van der Waals surface area contributed by atoms with Crippen molar-refractivity contribution in [2.75, 3.05) is 0 Å². The first-order chi connectivity index (χ1) is 4.18. The van der Waals surface area contributed by atoms with Gasteiger partial charge in [-0.1, -0.05) is 4.48 Å². The van der Waals surface area contributed by atoms with Crippen molar-refractivity contribution in [3.05, 3.63) is 23.9 Å². The second-order valence-electron chi connectivity index (χ2n) is 1.52. The molecule has 0 aromatic carbocycles. The minimum atomic E-state index is -0.933. The lowest BCUT2D eigenvalue weighted by Crippen LogP contribution is -2.08. The van der Waals surface area contributed by atoms with E-state index in [2.05, 4.69) is 0 Å². The largest absolute Gasteiger partial charge is 0.274 e. The number of rotatable bonds is 0. The molecule has 0 saturated heterocycles. The van der Waals surface area contributed by atoms with Gasteiger partial charge in [0.05, 0.1) is 23.9 Å². The van der Waals surface area contributed by atoms with Crippen molar-refractivity contribution in [3.8, 4) is 0 Å². The minimum Gasteiger partial charge on any atom is -0.222 e. The second kappa shape index (κ2) is 2.17. The van der Waals surface area contributed by atoms with Gasteiger partial charge in [-0.05, 0) is 0 Å². The van der Waals surface area contributed by atoms with E-state index in [1.165, 1.54) is 0 Å². The first kappa shape index (κ1) is 6.26.